The lowest BCUT2D eigenvalue weighted by Crippen LogP contribution is -2.55. The quantitative estimate of drug-likeness (QED) is 0.748. The fraction of sp³-hybridized carbons (Fsp3) is 0.381. The number of halogens is 4. The summed E-state index contributed by atoms with van der Waals surface area (Å²) in [5.41, 5.74) is 0.994. The Morgan fingerprint density at radius 1 is 1.21 bits per heavy atom. The molecule has 29 heavy (non-hydrogen) atoms. The largest absolute Gasteiger partial charge is 0.416 e. The molecule has 2 atom stereocenters. The van der Waals surface area contributed by atoms with Gasteiger partial charge in [0.05, 0.1) is 11.5 Å². The minimum absolute atomic E-state index is 0.0529. The second-order valence-corrected chi connectivity index (χ2v) is 8.45. The van der Waals surface area contributed by atoms with Gasteiger partial charge in [-0.3, -0.25) is 4.79 Å². The fourth-order valence-corrected chi connectivity index (χ4v) is 5.20. The van der Waals surface area contributed by atoms with Crippen molar-refractivity contribution >= 4 is 23.4 Å². The normalized spacial score (nSPS) is 21.3. The second kappa shape index (κ2) is 7.89. The van der Waals surface area contributed by atoms with Crippen molar-refractivity contribution in [2.45, 2.75) is 25.2 Å². The Morgan fingerprint density at radius 2 is 2.00 bits per heavy atom. The maximum atomic E-state index is 13.8. The number of carbonyl (C=O) groups is 1. The van der Waals surface area contributed by atoms with Crippen molar-refractivity contribution in [3.8, 4) is 0 Å². The minimum atomic E-state index is -4.42. The molecule has 2 heterocycles. The molecule has 8 heteroatoms. The Kier molecular flexibility index (Phi) is 5.46. The van der Waals surface area contributed by atoms with Crippen LogP contribution in [0.15, 0.2) is 42.5 Å². The Morgan fingerprint density at radius 3 is 2.76 bits per heavy atom. The van der Waals surface area contributed by atoms with Crippen molar-refractivity contribution in [1.29, 1.82) is 0 Å². The first-order chi connectivity index (χ1) is 13.8. The summed E-state index contributed by atoms with van der Waals surface area (Å²) in [4.78, 5) is 15.0. The van der Waals surface area contributed by atoms with Crippen molar-refractivity contribution in [2.24, 2.45) is 5.92 Å². The van der Waals surface area contributed by atoms with Gasteiger partial charge in [0.25, 0.3) is 0 Å². The zero-order chi connectivity index (χ0) is 20.6. The van der Waals surface area contributed by atoms with E-state index in [-0.39, 0.29) is 24.9 Å². The number of amides is 1. The molecule has 154 valence electrons. The van der Waals surface area contributed by atoms with Crippen LogP contribution in [-0.4, -0.2) is 30.0 Å². The summed E-state index contributed by atoms with van der Waals surface area (Å²) < 4.78 is 53.3. The van der Waals surface area contributed by atoms with Gasteiger partial charge >= 0.3 is 6.18 Å². The zero-order valence-corrected chi connectivity index (χ0v) is 16.3. The summed E-state index contributed by atoms with van der Waals surface area (Å²) in [6, 6.07) is 9.91. The van der Waals surface area contributed by atoms with Gasteiger partial charge in [0.15, 0.2) is 0 Å². The smallest absolute Gasteiger partial charge is 0.366 e. The van der Waals surface area contributed by atoms with Gasteiger partial charge in [-0.05, 0) is 36.2 Å². The molecule has 0 aliphatic carbocycles. The molecule has 2 aliphatic rings. The first kappa shape index (κ1) is 20.1. The highest BCUT2D eigenvalue weighted by molar-refractivity contribution is 7.99. The number of thioether (sulfide) groups is 1. The maximum absolute atomic E-state index is 13.8. The van der Waals surface area contributed by atoms with E-state index in [1.54, 1.807) is 30.0 Å². The van der Waals surface area contributed by atoms with Crippen LogP contribution in [0.4, 0.5) is 23.2 Å². The van der Waals surface area contributed by atoms with Crippen LogP contribution in [0, 0.1) is 11.7 Å². The fourth-order valence-electron chi connectivity index (χ4n) is 4.06. The molecule has 1 N–H and O–H groups in total. The van der Waals surface area contributed by atoms with Crippen LogP contribution in [0.25, 0.3) is 0 Å². The molecule has 4 rings (SSSR count). The molecule has 1 saturated heterocycles. The number of nitrogens with zero attached hydrogens (tertiary/aromatic N) is 1. The Bertz CT molecular complexity index is 918. The van der Waals surface area contributed by atoms with Crippen LogP contribution in [0.3, 0.4) is 0 Å². The minimum Gasteiger partial charge on any atom is -0.366 e. The number of fused-ring (bicyclic) bond motifs is 3. The van der Waals surface area contributed by atoms with Crippen molar-refractivity contribution in [2.75, 3.05) is 23.0 Å². The van der Waals surface area contributed by atoms with Crippen LogP contribution >= 0.6 is 11.8 Å². The number of anilines is 1. The lowest BCUT2D eigenvalue weighted by atomic mass is 9.84. The molecule has 0 spiro atoms. The first-order valence-electron chi connectivity index (χ1n) is 9.40. The number of hydrogen-bond donors (Lipinski definition) is 1. The van der Waals surface area contributed by atoms with Crippen LogP contribution in [0.5, 0.6) is 0 Å². The van der Waals surface area contributed by atoms with E-state index in [0.717, 1.165) is 29.3 Å². The lowest BCUT2D eigenvalue weighted by Gasteiger charge is -2.45. The SMILES string of the molecule is O=C(NCc1ccccc1F)C1Cc2cc(C(F)(F)F)ccc2N2CCSCC12. The monoisotopic (exact) mass is 424 g/mol. The molecule has 0 bridgehead atoms. The Hall–Kier alpha value is -2.22. The summed E-state index contributed by atoms with van der Waals surface area (Å²) in [7, 11) is 0. The van der Waals surface area contributed by atoms with Gasteiger partial charge in [-0.25, -0.2) is 4.39 Å². The molecule has 1 fully saturated rings. The summed E-state index contributed by atoms with van der Waals surface area (Å²) in [5, 5.41) is 2.78. The number of benzene rings is 2. The summed E-state index contributed by atoms with van der Waals surface area (Å²) in [6.07, 6.45) is -4.18. The number of nitrogens with one attached hydrogen (secondary N) is 1. The maximum Gasteiger partial charge on any atom is 0.416 e. The van der Waals surface area contributed by atoms with Gasteiger partial charge in [-0.2, -0.15) is 24.9 Å². The summed E-state index contributed by atoms with van der Waals surface area (Å²) >= 11 is 1.74. The van der Waals surface area contributed by atoms with Crippen molar-refractivity contribution in [3.05, 3.63) is 65.0 Å². The Balaban J connectivity index is 1.58. The molecule has 2 unspecified atom stereocenters. The second-order valence-electron chi connectivity index (χ2n) is 7.30. The van der Waals surface area contributed by atoms with E-state index < -0.39 is 23.5 Å². The summed E-state index contributed by atoms with van der Waals surface area (Å²) in [6.45, 7) is 0.738. The third kappa shape index (κ3) is 4.08. The lowest BCUT2D eigenvalue weighted by molar-refractivity contribution is -0.137. The van der Waals surface area contributed by atoms with Crippen LogP contribution < -0.4 is 10.2 Å². The standard InChI is InChI=1S/C21H20F4N2OS/c22-17-4-2-1-3-13(17)11-26-20(28)16-10-14-9-15(21(23,24)25)5-6-18(14)27-7-8-29-12-19(16)27/h1-6,9,16,19H,7-8,10-12H2,(H,26,28). The predicted molar refractivity (Wildman–Crippen MR) is 105 cm³/mol. The van der Waals surface area contributed by atoms with E-state index in [1.807, 2.05) is 0 Å². The molecule has 2 aromatic rings. The molecule has 1 amide bonds. The topological polar surface area (TPSA) is 32.3 Å². The molecule has 0 radical (unpaired) electrons. The van der Waals surface area contributed by atoms with Gasteiger partial charge < -0.3 is 10.2 Å². The summed E-state index contributed by atoms with van der Waals surface area (Å²) in [5.74, 6) is 0.463. The van der Waals surface area contributed by atoms with E-state index in [0.29, 0.717) is 17.7 Å². The van der Waals surface area contributed by atoms with Gasteiger partial charge in [0.2, 0.25) is 5.91 Å². The van der Waals surface area contributed by atoms with E-state index >= 15 is 0 Å². The van der Waals surface area contributed by atoms with Crippen molar-refractivity contribution in [3.63, 3.8) is 0 Å². The number of alkyl halides is 3. The molecular weight excluding hydrogens is 404 g/mol. The van der Waals surface area contributed by atoms with Gasteiger partial charge in [-0.15, -0.1) is 0 Å². The number of carbonyl (C=O) groups excluding carboxylic acids is 1. The number of rotatable bonds is 3. The van der Waals surface area contributed by atoms with Crippen LogP contribution in [0.2, 0.25) is 0 Å². The zero-order valence-electron chi connectivity index (χ0n) is 15.5. The van der Waals surface area contributed by atoms with Gasteiger partial charge in [0.1, 0.15) is 5.82 Å². The highest BCUT2D eigenvalue weighted by Crippen LogP contribution is 2.40. The number of hydrogen-bond acceptors (Lipinski definition) is 3. The van der Waals surface area contributed by atoms with E-state index in [9.17, 15) is 22.4 Å². The third-order valence-electron chi connectivity index (χ3n) is 5.53. The Labute approximate surface area is 170 Å². The van der Waals surface area contributed by atoms with E-state index in [2.05, 4.69) is 10.2 Å². The molecule has 3 nitrogen and oxygen atoms in total. The van der Waals surface area contributed by atoms with E-state index in [4.69, 9.17) is 0 Å². The predicted octanol–water partition coefficient (Wildman–Crippen LogP) is 4.26. The van der Waals surface area contributed by atoms with Crippen LogP contribution in [0.1, 0.15) is 16.7 Å². The van der Waals surface area contributed by atoms with Gasteiger partial charge in [-0.1, -0.05) is 18.2 Å². The van der Waals surface area contributed by atoms with E-state index in [1.165, 1.54) is 12.1 Å². The highest BCUT2D eigenvalue weighted by atomic mass is 32.2. The third-order valence-corrected chi connectivity index (χ3v) is 6.58. The first-order valence-corrected chi connectivity index (χ1v) is 10.6. The van der Waals surface area contributed by atoms with Crippen LogP contribution in [-0.2, 0) is 23.9 Å². The molecule has 0 saturated carbocycles. The molecular formula is C21H20F4N2OS. The van der Waals surface area contributed by atoms with Gasteiger partial charge in [0, 0.05) is 41.9 Å². The highest BCUT2D eigenvalue weighted by Gasteiger charge is 2.41. The van der Waals surface area contributed by atoms with Crippen molar-refractivity contribution < 1.29 is 22.4 Å². The molecule has 2 aromatic carbocycles. The molecule has 2 aliphatic heterocycles. The molecule has 0 aromatic heterocycles. The average Bonchev–Trinajstić information content (AvgIpc) is 2.71. The van der Waals surface area contributed by atoms with Crippen molar-refractivity contribution in [1.82, 2.24) is 5.32 Å². The average molecular weight is 424 g/mol.